The van der Waals surface area contributed by atoms with Crippen molar-refractivity contribution in [3.63, 3.8) is 0 Å². The second-order valence-electron chi connectivity index (χ2n) is 16.0. The lowest BCUT2D eigenvalue weighted by molar-refractivity contribution is -0.167. The maximum atomic E-state index is 12.6. The Hall–Kier alpha value is -2.89. The van der Waals surface area contributed by atoms with Gasteiger partial charge in [-0.3, -0.25) is 14.4 Å². The highest BCUT2D eigenvalue weighted by Gasteiger charge is 2.19. The van der Waals surface area contributed by atoms with Gasteiger partial charge in [-0.1, -0.05) is 210 Å². The van der Waals surface area contributed by atoms with E-state index in [9.17, 15) is 14.4 Å². The number of unbranched alkanes of at least 4 members (excludes halogenated alkanes) is 22. The number of ether oxygens (including phenoxy) is 3. The van der Waals surface area contributed by atoms with Crippen molar-refractivity contribution < 1.29 is 28.6 Å². The van der Waals surface area contributed by atoms with Crippen LogP contribution >= 0.6 is 0 Å². The SMILES string of the molecule is CC/C=C\C/C=C\C/C=C\C/C=C\C/C=C\CCCCCCCCCCCC(=O)OCC(COC(=O)CCCCCCC)OC(=O)CCCCCCCCCCCC. The van der Waals surface area contributed by atoms with Gasteiger partial charge in [0.2, 0.25) is 0 Å². The van der Waals surface area contributed by atoms with Gasteiger partial charge in [-0.15, -0.1) is 0 Å². The largest absolute Gasteiger partial charge is 0.462 e. The molecule has 0 saturated heterocycles. The van der Waals surface area contributed by atoms with Crippen LogP contribution in [0.25, 0.3) is 0 Å². The highest BCUT2D eigenvalue weighted by molar-refractivity contribution is 5.71. The Morgan fingerprint density at radius 2 is 0.672 bits per heavy atom. The van der Waals surface area contributed by atoms with E-state index < -0.39 is 6.10 Å². The van der Waals surface area contributed by atoms with E-state index in [0.29, 0.717) is 19.3 Å². The van der Waals surface area contributed by atoms with Gasteiger partial charge in [-0.25, -0.2) is 0 Å². The zero-order valence-corrected chi connectivity index (χ0v) is 38.0. The van der Waals surface area contributed by atoms with Crippen molar-refractivity contribution >= 4 is 17.9 Å². The standard InChI is InChI=1S/C52H90O6/c1-4-7-10-13-15-17-19-20-21-22-23-24-25-26-27-28-29-30-31-32-33-35-36-39-42-45-51(54)57-48-49(47-56-50(53)44-41-38-12-9-6-3)58-52(55)46-43-40-37-34-18-16-14-11-8-5-2/h7,10,15,17,20-21,23-24,26-27,49H,4-6,8-9,11-14,16,18-19,22,25,28-48H2,1-3H3/b10-7-,17-15-,21-20-,24-23-,27-26-. The van der Waals surface area contributed by atoms with Crippen molar-refractivity contribution in [2.24, 2.45) is 0 Å². The van der Waals surface area contributed by atoms with E-state index in [1.54, 1.807) is 0 Å². The molecular formula is C52H90O6. The lowest BCUT2D eigenvalue weighted by Gasteiger charge is -2.18. The normalized spacial score (nSPS) is 12.5. The molecule has 1 unspecified atom stereocenters. The Morgan fingerprint density at radius 3 is 1.05 bits per heavy atom. The Bertz CT molecular complexity index is 1070. The monoisotopic (exact) mass is 811 g/mol. The highest BCUT2D eigenvalue weighted by atomic mass is 16.6. The quantitative estimate of drug-likeness (QED) is 0.0264. The Morgan fingerprint density at radius 1 is 0.362 bits per heavy atom. The first-order valence-corrected chi connectivity index (χ1v) is 24.3. The molecule has 6 heteroatoms. The molecule has 58 heavy (non-hydrogen) atoms. The second kappa shape index (κ2) is 46.8. The molecule has 0 aliphatic heterocycles. The predicted molar refractivity (Wildman–Crippen MR) is 247 cm³/mol. The average molecular weight is 811 g/mol. The van der Waals surface area contributed by atoms with Crippen LogP contribution in [-0.4, -0.2) is 37.2 Å². The van der Waals surface area contributed by atoms with Gasteiger partial charge in [0.25, 0.3) is 0 Å². The molecule has 6 nitrogen and oxygen atoms in total. The molecule has 0 aliphatic rings. The van der Waals surface area contributed by atoms with Crippen LogP contribution in [0.2, 0.25) is 0 Å². The molecule has 1 atom stereocenters. The molecule has 0 rings (SSSR count). The van der Waals surface area contributed by atoms with Gasteiger partial charge >= 0.3 is 17.9 Å². The molecule has 0 N–H and O–H groups in total. The van der Waals surface area contributed by atoms with Crippen LogP contribution in [0.4, 0.5) is 0 Å². The number of hydrogen-bond acceptors (Lipinski definition) is 6. The minimum atomic E-state index is -0.768. The molecule has 0 aromatic heterocycles. The predicted octanol–water partition coefficient (Wildman–Crippen LogP) is 15.7. The maximum absolute atomic E-state index is 12.6. The van der Waals surface area contributed by atoms with Crippen LogP contribution in [0.5, 0.6) is 0 Å². The molecule has 0 heterocycles. The average Bonchev–Trinajstić information content (AvgIpc) is 3.22. The number of carbonyl (C=O) groups is 3. The fourth-order valence-electron chi connectivity index (χ4n) is 6.64. The Labute approximate surface area is 358 Å². The van der Waals surface area contributed by atoms with Crippen molar-refractivity contribution in [3.05, 3.63) is 60.8 Å². The van der Waals surface area contributed by atoms with Crippen LogP contribution < -0.4 is 0 Å². The summed E-state index contributed by atoms with van der Waals surface area (Å²) in [4.78, 5) is 37.5. The van der Waals surface area contributed by atoms with E-state index in [2.05, 4.69) is 81.5 Å². The number of esters is 3. The first-order chi connectivity index (χ1) is 28.5. The van der Waals surface area contributed by atoms with Crippen molar-refractivity contribution in [3.8, 4) is 0 Å². The van der Waals surface area contributed by atoms with E-state index in [4.69, 9.17) is 14.2 Å². The molecule has 0 radical (unpaired) electrons. The van der Waals surface area contributed by atoms with Gasteiger partial charge in [0.15, 0.2) is 6.10 Å². The van der Waals surface area contributed by atoms with Gasteiger partial charge in [-0.2, -0.15) is 0 Å². The number of hydrogen-bond donors (Lipinski definition) is 0. The summed E-state index contributed by atoms with van der Waals surface area (Å²) >= 11 is 0. The summed E-state index contributed by atoms with van der Waals surface area (Å²) in [6.07, 6.45) is 56.7. The lowest BCUT2D eigenvalue weighted by atomic mass is 10.1. The Kier molecular flexibility index (Phi) is 44.5. The fraction of sp³-hybridized carbons (Fsp3) is 0.750. The van der Waals surface area contributed by atoms with E-state index >= 15 is 0 Å². The zero-order chi connectivity index (χ0) is 42.3. The molecule has 0 aromatic rings. The maximum Gasteiger partial charge on any atom is 0.306 e. The molecular weight excluding hydrogens is 721 g/mol. The van der Waals surface area contributed by atoms with Crippen LogP contribution in [-0.2, 0) is 28.6 Å². The lowest BCUT2D eigenvalue weighted by Crippen LogP contribution is -2.30. The van der Waals surface area contributed by atoms with Gasteiger partial charge < -0.3 is 14.2 Å². The molecule has 0 bridgehead atoms. The summed E-state index contributed by atoms with van der Waals surface area (Å²) in [5.41, 5.74) is 0. The van der Waals surface area contributed by atoms with E-state index in [0.717, 1.165) is 103 Å². The minimum Gasteiger partial charge on any atom is -0.462 e. The van der Waals surface area contributed by atoms with Gasteiger partial charge in [0, 0.05) is 19.3 Å². The minimum absolute atomic E-state index is 0.0752. The summed E-state index contributed by atoms with van der Waals surface area (Å²) in [7, 11) is 0. The molecule has 0 saturated carbocycles. The number of allylic oxidation sites excluding steroid dienone is 10. The third kappa shape index (κ3) is 44.2. The zero-order valence-electron chi connectivity index (χ0n) is 38.0. The first-order valence-electron chi connectivity index (χ1n) is 24.3. The number of rotatable bonds is 43. The van der Waals surface area contributed by atoms with Crippen LogP contribution in [0, 0.1) is 0 Å². The smallest absolute Gasteiger partial charge is 0.306 e. The van der Waals surface area contributed by atoms with Crippen molar-refractivity contribution in [2.45, 2.75) is 239 Å². The van der Waals surface area contributed by atoms with E-state index in [-0.39, 0.29) is 31.1 Å². The van der Waals surface area contributed by atoms with Gasteiger partial charge in [-0.05, 0) is 64.2 Å². The summed E-state index contributed by atoms with van der Waals surface area (Å²) in [6, 6.07) is 0. The van der Waals surface area contributed by atoms with Gasteiger partial charge in [0.05, 0.1) is 0 Å². The summed E-state index contributed by atoms with van der Waals surface area (Å²) in [5, 5.41) is 0. The number of carbonyl (C=O) groups excluding carboxylic acids is 3. The van der Waals surface area contributed by atoms with Crippen LogP contribution in [0.3, 0.4) is 0 Å². The van der Waals surface area contributed by atoms with Crippen LogP contribution in [0.1, 0.15) is 233 Å². The molecule has 0 spiro atoms. The molecule has 334 valence electrons. The van der Waals surface area contributed by atoms with Crippen molar-refractivity contribution in [2.75, 3.05) is 13.2 Å². The Balaban J connectivity index is 4.08. The summed E-state index contributed by atoms with van der Waals surface area (Å²) in [6.45, 7) is 6.42. The summed E-state index contributed by atoms with van der Waals surface area (Å²) < 4.78 is 16.6. The molecule has 0 amide bonds. The first kappa shape index (κ1) is 55.1. The third-order valence-corrected chi connectivity index (χ3v) is 10.3. The second-order valence-corrected chi connectivity index (χ2v) is 16.0. The fourth-order valence-corrected chi connectivity index (χ4v) is 6.64. The highest BCUT2D eigenvalue weighted by Crippen LogP contribution is 2.14. The topological polar surface area (TPSA) is 78.9 Å². The van der Waals surface area contributed by atoms with Crippen molar-refractivity contribution in [1.29, 1.82) is 0 Å². The molecule has 0 aromatic carbocycles. The van der Waals surface area contributed by atoms with E-state index in [1.807, 2.05) is 0 Å². The van der Waals surface area contributed by atoms with E-state index in [1.165, 1.54) is 89.9 Å². The van der Waals surface area contributed by atoms with Crippen LogP contribution in [0.15, 0.2) is 60.8 Å². The molecule has 0 fully saturated rings. The third-order valence-electron chi connectivity index (χ3n) is 10.3. The molecule has 0 aliphatic carbocycles. The van der Waals surface area contributed by atoms with Gasteiger partial charge in [0.1, 0.15) is 13.2 Å². The summed E-state index contributed by atoms with van der Waals surface area (Å²) in [5.74, 6) is -0.896. The van der Waals surface area contributed by atoms with Crippen molar-refractivity contribution in [1.82, 2.24) is 0 Å².